The summed E-state index contributed by atoms with van der Waals surface area (Å²) in [6, 6.07) is 4.30. The largest absolute Gasteiger partial charge is 0.481 e. The molecule has 0 bridgehead atoms. The number of aliphatic carboxylic acids is 1. The van der Waals surface area contributed by atoms with Gasteiger partial charge in [0.05, 0.1) is 0 Å². The zero-order chi connectivity index (χ0) is 14.6. The number of carboxylic acid groups (broad SMARTS) is 1. The fourth-order valence-corrected chi connectivity index (χ4v) is 1.41. The fourth-order valence-electron chi connectivity index (χ4n) is 1.41. The summed E-state index contributed by atoms with van der Waals surface area (Å²) in [5.41, 5.74) is 0. The molecule has 104 valence electrons. The highest BCUT2D eigenvalue weighted by atomic mass is 19.1. The second kappa shape index (κ2) is 6.17. The van der Waals surface area contributed by atoms with Gasteiger partial charge in [0, 0.05) is 7.05 Å². The van der Waals surface area contributed by atoms with Crippen molar-refractivity contribution >= 4 is 11.9 Å². The Labute approximate surface area is 110 Å². The van der Waals surface area contributed by atoms with Crippen LogP contribution in [0, 0.1) is 5.82 Å². The predicted octanol–water partition coefficient (Wildman–Crippen LogP) is 1.52. The highest BCUT2D eigenvalue weighted by Gasteiger charge is 2.26. The molecule has 5 nitrogen and oxygen atoms in total. The molecule has 1 aromatic carbocycles. The number of carbonyl (C=O) groups excluding carboxylic acids is 1. The molecule has 0 heterocycles. The van der Waals surface area contributed by atoms with Crippen LogP contribution < -0.4 is 4.74 Å². The molecule has 2 atom stereocenters. The number of carbonyl (C=O) groups is 2. The van der Waals surface area contributed by atoms with Crippen molar-refractivity contribution in [2.75, 3.05) is 7.05 Å². The summed E-state index contributed by atoms with van der Waals surface area (Å²) in [5.74, 6) is -1.61. The summed E-state index contributed by atoms with van der Waals surface area (Å²) >= 11 is 0. The molecule has 0 fully saturated rings. The van der Waals surface area contributed by atoms with Crippen LogP contribution in [0.3, 0.4) is 0 Å². The van der Waals surface area contributed by atoms with Gasteiger partial charge in [-0.15, -0.1) is 0 Å². The number of benzene rings is 1. The second-order valence-corrected chi connectivity index (χ2v) is 4.18. The van der Waals surface area contributed by atoms with Crippen LogP contribution in [-0.4, -0.2) is 41.1 Å². The number of ether oxygens (including phenoxy) is 1. The third-order valence-corrected chi connectivity index (χ3v) is 2.76. The van der Waals surface area contributed by atoms with Crippen LogP contribution in [0.5, 0.6) is 5.75 Å². The molecule has 19 heavy (non-hydrogen) atoms. The second-order valence-electron chi connectivity index (χ2n) is 4.18. The van der Waals surface area contributed by atoms with Crippen molar-refractivity contribution < 1.29 is 23.8 Å². The first-order valence-electron chi connectivity index (χ1n) is 5.74. The van der Waals surface area contributed by atoms with Crippen molar-refractivity contribution in [3.63, 3.8) is 0 Å². The molecule has 0 aromatic heterocycles. The molecule has 0 aliphatic heterocycles. The lowest BCUT2D eigenvalue weighted by molar-refractivity contribution is -0.150. The lowest BCUT2D eigenvalue weighted by Gasteiger charge is -2.25. The molecule has 1 aromatic rings. The van der Waals surface area contributed by atoms with Crippen LogP contribution in [0.2, 0.25) is 0 Å². The van der Waals surface area contributed by atoms with Gasteiger partial charge in [-0.2, -0.15) is 0 Å². The molecule has 0 aliphatic rings. The maximum atomic E-state index is 12.7. The minimum absolute atomic E-state index is 0.346. The Morgan fingerprint density at radius 1 is 1.26 bits per heavy atom. The first-order chi connectivity index (χ1) is 8.82. The quantitative estimate of drug-likeness (QED) is 0.880. The minimum atomic E-state index is -1.09. The maximum Gasteiger partial charge on any atom is 0.326 e. The van der Waals surface area contributed by atoms with E-state index in [-0.39, 0.29) is 0 Å². The van der Waals surface area contributed by atoms with E-state index in [0.29, 0.717) is 5.75 Å². The Hall–Kier alpha value is -2.11. The molecule has 1 rings (SSSR count). The molecule has 0 saturated heterocycles. The van der Waals surface area contributed by atoms with Crippen molar-refractivity contribution in [1.82, 2.24) is 4.90 Å². The molecular formula is C13H16FNO4. The van der Waals surface area contributed by atoms with Crippen molar-refractivity contribution in [3.05, 3.63) is 30.1 Å². The van der Waals surface area contributed by atoms with Gasteiger partial charge >= 0.3 is 5.97 Å². The zero-order valence-corrected chi connectivity index (χ0v) is 11.0. The van der Waals surface area contributed by atoms with Crippen molar-refractivity contribution in [1.29, 1.82) is 0 Å². The average Bonchev–Trinajstić information content (AvgIpc) is 2.38. The predicted molar refractivity (Wildman–Crippen MR) is 66.4 cm³/mol. The fraction of sp³-hybridized carbons (Fsp3) is 0.385. The SMILES string of the molecule is C[C@H](C(=O)O)N(C)C(=O)[C@@H](C)Oc1ccc(F)cc1. The monoisotopic (exact) mass is 269 g/mol. The van der Waals surface area contributed by atoms with E-state index in [2.05, 4.69) is 0 Å². The summed E-state index contributed by atoms with van der Waals surface area (Å²) in [6.07, 6.45) is -0.850. The van der Waals surface area contributed by atoms with Crippen molar-refractivity contribution in [2.24, 2.45) is 0 Å². The van der Waals surface area contributed by atoms with Gasteiger partial charge in [-0.25, -0.2) is 9.18 Å². The van der Waals surface area contributed by atoms with Crippen LogP contribution in [-0.2, 0) is 9.59 Å². The normalized spacial score (nSPS) is 13.5. The van der Waals surface area contributed by atoms with Crippen LogP contribution in [0.1, 0.15) is 13.8 Å². The Balaban J connectivity index is 2.67. The summed E-state index contributed by atoms with van der Waals surface area (Å²) in [6.45, 7) is 2.92. The van der Waals surface area contributed by atoms with Crippen molar-refractivity contribution in [2.45, 2.75) is 26.0 Å². The van der Waals surface area contributed by atoms with E-state index in [0.717, 1.165) is 4.90 Å². The topological polar surface area (TPSA) is 66.8 Å². The molecule has 0 spiro atoms. The lowest BCUT2D eigenvalue weighted by atomic mass is 10.2. The Kier molecular flexibility index (Phi) is 4.86. The minimum Gasteiger partial charge on any atom is -0.481 e. The van der Waals surface area contributed by atoms with Gasteiger partial charge in [-0.05, 0) is 38.1 Å². The number of rotatable bonds is 5. The van der Waals surface area contributed by atoms with E-state index in [1.54, 1.807) is 0 Å². The Morgan fingerprint density at radius 3 is 2.26 bits per heavy atom. The lowest BCUT2D eigenvalue weighted by Crippen LogP contribution is -2.46. The number of halogens is 1. The number of amides is 1. The highest BCUT2D eigenvalue weighted by molar-refractivity contribution is 5.85. The van der Waals surface area contributed by atoms with E-state index in [4.69, 9.17) is 9.84 Å². The standard InChI is InChI=1S/C13H16FNO4/c1-8(13(17)18)15(3)12(16)9(2)19-11-6-4-10(14)5-7-11/h4-9H,1-3H3,(H,17,18)/t8-,9-/m1/s1. The van der Waals surface area contributed by atoms with Gasteiger partial charge in [-0.1, -0.05) is 0 Å². The Bertz CT molecular complexity index is 460. The third-order valence-electron chi connectivity index (χ3n) is 2.76. The summed E-state index contributed by atoms with van der Waals surface area (Å²) in [4.78, 5) is 23.8. The molecule has 0 aliphatic carbocycles. The van der Waals surface area contributed by atoms with Gasteiger partial charge in [0.25, 0.3) is 5.91 Å². The first-order valence-corrected chi connectivity index (χ1v) is 5.74. The Morgan fingerprint density at radius 2 is 1.79 bits per heavy atom. The van der Waals surface area contributed by atoms with Crippen molar-refractivity contribution in [3.8, 4) is 5.75 Å². The smallest absolute Gasteiger partial charge is 0.326 e. The summed E-state index contributed by atoms with van der Waals surface area (Å²) < 4.78 is 18.0. The number of carboxylic acids is 1. The van der Waals surface area contributed by atoms with E-state index < -0.39 is 29.8 Å². The van der Waals surface area contributed by atoms with Gasteiger partial charge in [-0.3, -0.25) is 4.79 Å². The van der Waals surface area contributed by atoms with E-state index >= 15 is 0 Å². The summed E-state index contributed by atoms with van der Waals surface area (Å²) in [7, 11) is 1.39. The highest BCUT2D eigenvalue weighted by Crippen LogP contribution is 2.14. The average molecular weight is 269 g/mol. The van der Waals surface area contributed by atoms with Crippen LogP contribution >= 0.6 is 0 Å². The summed E-state index contributed by atoms with van der Waals surface area (Å²) in [5, 5.41) is 8.83. The van der Waals surface area contributed by atoms with E-state index in [1.165, 1.54) is 45.2 Å². The third kappa shape index (κ3) is 3.94. The number of hydrogen-bond donors (Lipinski definition) is 1. The van der Waals surface area contributed by atoms with Crippen LogP contribution in [0.4, 0.5) is 4.39 Å². The molecule has 0 saturated carbocycles. The van der Waals surface area contributed by atoms with E-state index in [1.807, 2.05) is 0 Å². The molecule has 6 heteroatoms. The molecule has 1 amide bonds. The first kappa shape index (κ1) is 14.9. The van der Waals surface area contributed by atoms with Gasteiger partial charge in [0.1, 0.15) is 17.6 Å². The number of nitrogens with zero attached hydrogens (tertiary/aromatic N) is 1. The zero-order valence-electron chi connectivity index (χ0n) is 11.0. The van der Waals surface area contributed by atoms with Crippen LogP contribution in [0.15, 0.2) is 24.3 Å². The number of hydrogen-bond acceptors (Lipinski definition) is 3. The maximum absolute atomic E-state index is 12.7. The van der Waals surface area contributed by atoms with E-state index in [9.17, 15) is 14.0 Å². The molecular weight excluding hydrogens is 253 g/mol. The van der Waals surface area contributed by atoms with Gasteiger partial charge in [0.15, 0.2) is 6.10 Å². The molecule has 0 unspecified atom stereocenters. The molecule has 1 N–H and O–H groups in total. The van der Waals surface area contributed by atoms with Crippen LogP contribution in [0.25, 0.3) is 0 Å². The number of likely N-dealkylation sites (N-methyl/N-ethyl adjacent to an activating group) is 1. The van der Waals surface area contributed by atoms with Gasteiger partial charge < -0.3 is 14.7 Å². The van der Waals surface area contributed by atoms with Gasteiger partial charge in [0.2, 0.25) is 0 Å². The molecule has 0 radical (unpaired) electrons.